The minimum Gasteiger partial charge on any atom is -0.349 e. The maximum Gasteiger partial charge on any atom is 0.227 e. The third-order valence-corrected chi connectivity index (χ3v) is 4.98. The number of piperidine rings is 1. The average molecular weight is 329 g/mol. The van der Waals surface area contributed by atoms with E-state index in [4.69, 9.17) is 0 Å². The van der Waals surface area contributed by atoms with Crippen LogP contribution in [0.25, 0.3) is 0 Å². The van der Waals surface area contributed by atoms with Gasteiger partial charge in [0.25, 0.3) is 0 Å². The summed E-state index contributed by atoms with van der Waals surface area (Å²) in [6, 6.07) is 8.13. The third kappa shape index (κ3) is 4.35. The lowest BCUT2D eigenvalue weighted by Crippen LogP contribution is -2.42. The Morgan fingerprint density at radius 2 is 1.79 bits per heavy atom. The summed E-state index contributed by atoms with van der Waals surface area (Å²) in [7, 11) is 0. The van der Waals surface area contributed by atoms with Crippen LogP contribution in [0.3, 0.4) is 0 Å². The van der Waals surface area contributed by atoms with E-state index in [0.717, 1.165) is 43.5 Å². The van der Waals surface area contributed by atoms with E-state index in [2.05, 4.69) is 22.9 Å². The van der Waals surface area contributed by atoms with Crippen molar-refractivity contribution in [3.05, 3.63) is 29.8 Å². The van der Waals surface area contributed by atoms with Crippen molar-refractivity contribution in [2.24, 2.45) is 11.8 Å². The van der Waals surface area contributed by atoms with Crippen LogP contribution in [0.15, 0.2) is 24.3 Å². The van der Waals surface area contributed by atoms with Gasteiger partial charge >= 0.3 is 0 Å². The predicted octanol–water partition coefficient (Wildman–Crippen LogP) is 2.60. The van der Waals surface area contributed by atoms with E-state index >= 15 is 0 Å². The zero-order valence-corrected chi connectivity index (χ0v) is 14.5. The second-order valence-electron chi connectivity index (χ2n) is 7.19. The normalized spacial score (nSPS) is 24.9. The maximum atomic E-state index is 12.4. The summed E-state index contributed by atoms with van der Waals surface area (Å²) in [4.78, 5) is 24.2. The van der Waals surface area contributed by atoms with Crippen LogP contribution in [0.2, 0.25) is 0 Å². The molecule has 1 aliphatic carbocycles. The Morgan fingerprint density at radius 1 is 1.08 bits per heavy atom. The fourth-order valence-corrected chi connectivity index (χ4v) is 3.23. The number of carbonyl (C=O) groups excluding carboxylic acids is 2. The van der Waals surface area contributed by atoms with Gasteiger partial charge in [-0.25, -0.2) is 0 Å². The molecule has 130 valence electrons. The van der Waals surface area contributed by atoms with Gasteiger partial charge in [-0.2, -0.15) is 0 Å². The molecule has 0 aromatic heterocycles. The molecule has 24 heavy (non-hydrogen) atoms. The van der Waals surface area contributed by atoms with Crippen LogP contribution in [-0.2, 0) is 9.59 Å². The average Bonchev–Trinajstić information content (AvgIpc) is 3.40. The number of benzene rings is 1. The summed E-state index contributed by atoms with van der Waals surface area (Å²) in [5.74, 6) is 0.558. The first-order valence-electron chi connectivity index (χ1n) is 8.97. The summed E-state index contributed by atoms with van der Waals surface area (Å²) in [5.41, 5.74) is 1.87. The molecule has 1 saturated carbocycles. The number of nitrogens with one attached hydrogen (secondary N) is 3. The van der Waals surface area contributed by atoms with Gasteiger partial charge in [0.15, 0.2) is 0 Å². The van der Waals surface area contributed by atoms with Crippen molar-refractivity contribution < 1.29 is 9.59 Å². The Hall–Kier alpha value is -1.88. The molecule has 5 nitrogen and oxygen atoms in total. The molecule has 1 saturated heterocycles. The Labute approximate surface area is 143 Å². The first kappa shape index (κ1) is 17.0. The van der Waals surface area contributed by atoms with Crippen LogP contribution in [0.1, 0.15) is 51.1 Å². The summed E-state index contributed by atoms with van der Waals surface area (Å²) in [6.45, 7) is 5.03. The highest BCUT2D eigenvalue weighted by Gasteiger charge is 2.29. The first-order valence-corrected chi connectivity index (χ1v) is 8.97. The van der Waals surface area contributed by atoms with Gasteiger partial charge in [0.2, 0.25) is 11.8 Å². The molecular weight excluding hydrogens is 302 g/mol. The minimum atomic E-state index is -0.0316. The molecule has 2 aliphatic rings. The van der Waals surface area contributed by atoms with Crippen molar-refractivity contribution in [3.8, 4) is 0 Å². The van der Waals surface area contributed by atoms with Gasteiger partial charge in [0.1, 0.15) is 0 Å². The zero-order valence-electron chi connectivity index (χ0n) is 14.5. The third-order valence-electron chi connectivity index (χ3n) is 4.98. The standard InChI is InChI=1S/C19H27N3O2/c1-12-11-16(9-10-20-12)19(24)21-13(2)14-5-7-17(8-6-14)22-18(23)15-3-4-15/h5-8,12-13,15-16,20H,3-4,9-11H2,1-2H3,(H,21,24)(H,22,23)/t12-,13?,16-/m0/s1. The van der Waals surface area contributed by atoms with Crippen LogP contribution in [0.4, 0.5) is 5.69 Å². The van der Waals surface area contributed by atoms with E-state index in [0.29, 0.717) is 6.04 Å². The largest absolute Gasteiger partial charge is 0.349 e. The van der Waals surface area contributed by atoms with Crippen molar-refractivity contribution >= 4 is 17.5 Å². The van der Waals surface area contributed by atoms with Crippen molar-refractivity contribution in [2.45, 2.75) is 51.6 Å². The zero-order chi connectivity index (χ0) is 17.1. The topological polar surface area (TPSA) is 70.2 Å². The number of carbonyl (C=O) groups is 2. The van der Waals surface area contributed by atoms with E-state index < -0.39 is 0 Å². The molecule has 0 spiro atoms. The van der Waals surface area contributed by atoms with E-state index in [1.165, 1.54) is 0 Å². The van der Waals surface area contributed by atoms with E-state index in [-0.39, 0.29) is 29.7 Å². The number of hydrogen-bond donors (Lipinski definition) is 3. The highest BCUT2D eigenvalue weighted by Crippen LogP contribution is 2.30. The second kappa shape index (κ2) is 7.34. The molecule has 3 atom stereocenters. The molecule has 2 amide bonds. The summed E-state index contributed by atoms with van der Waals surface area (Å²) in [5, 5.41) is 9.43. The highest BCUT2D eigenvalue weighted by atomic mass is 16.2. The van der Waals surface area contributed by atoms with E-state index in [9.17, 15) is 9.59 Å². The molecular formula is C19H27N3O2. The van der Waals surface area contributed by atoms with Crippen molar-refractivity contribution in [1.82, 2.24) is 10.6 Å². The lowest BCUT2D eigenvalue weighted by Gasteiger charge is -2.28. The number of anilines is 1. The summed E-state index contributed by atoms with van der Waals surface area (Å²) >= 11 is 0. The molecule has 3 N–H and O–H groups in total. The number of hydrogen-bond acceptors (Lipinski definition) is 3. The molecule has 1 aromatic carbocycles. The van der Waals surface area contributed by atoms with Crippen molar-refractivity contribution in [2.75, 3.05) is 11.9 Å². The smallest absolute Gasteiger partial charge is 0.227 e. The Kier molecular flexibility index (Phi) is 5.19. The lowest BCUT2D eigenvalue weighted by atomic mass is 9.92. The fourth-order valence-electron chi connectivity index (χ4n) is 3.23. The second-order valence-corrected chi connectivity index (χ2v) is 7.19. The van der Waals surface area contributed by atoms with E-state index in [1.807, 2.05) is 31.2 Å². The molecule has 0 radical (unpaired) electrons. The summed E-state index contributed by atoms with van der Waals surface area (Å²) < 4.78 is 0. The SMILES string of the molecule is CC(NC(=O)[C@H]1CCN[C@@H](C)C1)c1ccc(NC(=O)C2CC2)cc1. The quantitative estimate of drug-likeness (QED) is 0.778. The molecule has 1 aromatic rings. The Bertz CT molecular complexity index is 595. The molecule has 3 rings (SSSR count). The lowest BCUT2D eigenvalue weighted by molar-refractivity contribution is -0.126. The maximum absolute atomic E-state index is 12.4. The van der Waals surface area contributed by atoms with Gasteiger partial charge in [-0.15, -0.1) is 0 Å². The molecule has 0 bridgehead atoms. The van der Waals surface area contributed by atoms with Gasteiger partial charge in [0.05, 0.1) is 6.04 Å². The van der Waals surface area contributed by atoms with Crippen LogP contribution in [0, 0.1) is 11.8 Å². The van der Waals surface area contributed by atoms with Gasteiger partial charge in [0, 0.05) is 23.6 Å². The molecule has 1 unspecified atom stereocenters. The van der Waals surface area contributed by atoms with Crippen LogP contribution in [0.5, 0.6) is 0 Å². The van der Waals surface area contributed by atoms with Crippen LogP contribution < -0.4 is 16.0 Å². The first-order chi connectivity index (χ1) is 11.5. The number of rotatable bonds is 5. The Balaban J connectivity index is 1.53. The monoisotopic (exact) mass is 329 g/mol. The fraction of sp³-hybridized carbons (Fsp3) is 0.579. The van der Waals surface area contributed by atoms with Gasteiger partial charge in [-0.3, -0.25) is 9.59 Å². The number of amides is 2. The molecule has 2 fully saturated rings. The van der Waals surface area contributed by atoms with E-state index in [1.54, 1.807) is 0 Å². The molecule has 1 aliphatic heterocycles. The van der Waals surface area contributed by atoms with Gasteiger partial charge in [-0.05, 0) is 63.8 Å². The Morgan fingerprint density at radius 3 is 2.42 bits per heavy atom. The van der Waals surface area contributed by atoms with Crippen LogP contribution >= 0.6 is 0 Å². The predicted molar refractivity (Wildman–Crippen MR) is 94.5 cm³/mol. The van der Waals surface area contributed by atoms with Gasteiger partial charge in [-0.1, -0.05) is 12.1 Å². The van der Waals surface area contributed by atoms with Crippen molar-refractivity contribution in [3.63, 3.8) is 0 Å². The molecule has 1 heterocycles. The molecule has 5 heteroatoms. The highest BCUT2D eigenvalue weighted by molar-refractivity contribution is 5.94. The van der Waals surface area contributed by atoms with Gasteiger partial charge < -0.3 is 16.0 Å². The van der Waals surface area contributed by atoms with Crippen molar-refractivity contribution in [1.29, 1.82) is 0 Å². The minimum absolute atomic E-state index is 0.0316. The van der Waals surface area contributed by atoms with Crippen LogP contribution in [-0.4, -0.2) is 24.4 Å². The summed E-state index contributed by atoms with van der Waals surface area (Å²) in [6.07, 6.45) is 3.80.